The number of benzene rings is 2. The summed E-state index contributed by atoms with van der Waals surface area (Å²) in [5, 5.41) is 28.3. The fraction of sp³-hybridized carbons (Fsp3) is 0.158. The minimum Gasteiger partial charge on any atom is -0.508 e. The van der Waals surface area contributed by atoms with Crippen molar-refractivity contribution in [1.82, 2.24) is 0 Å². The molecule has 0 saturated heterocycles. The van der Waals surface area contributed by atoms with Crippen LogP contribution >= 0.6 is 0 Å². The summed E-state index contributed by atoms with van der Waals surface area (Å²) < 4.78 is 0. The lowest BCUT2D eigenvalue weighted by Gasteiger charge is -2.09. The maximum absolute atomic E-state index is 11.9. The van der Waals surface area contributed by atoms with E-state index < -0.39 is 6.10 Å². The lowest BCUT2D eigenvalue weighted by Crippen LogP contribution is -2.10. The molecule has 124 valence electrons. The predicted octanol–water partition coefficient (Wildman–Crippen LogP) is 2.76. The number of aliphatic hydroxyl groups is 1. The zero-order valence-corrected chi connectivity index (χ0v) is 12.9. The molecule has 0 aliphatic carbocycles. The van der Waals surface area contributed by atoms with E-state index in [0.29, 0.717) is 5.56 Å². The van der Waals surface area contributed by atoms with E-state index in [9.17, 15) is 24.9 Å². The topological polar surface area (TPSA) is 94.8 Å². The minimum atomic E-state index is -1.01. The van der Waals surface area contributed by atoms with Crippen LogP contribution in [0.3, 0.4) is 0 Å². The van der Waals surface area contributed by atoms with Crippen LogP contribution in [-0.2, 0) is 9.59 Å². The van der Waals surface area contributed by atoms with Crippen LogP contribution in [0.1, 0.15) is 30.1 Å². The number of hydrogen-bond acceptors (Lipinski definition) is 5. The van der Waals surface area contributed by atoms with Crippen LogP contribution in [0.15, 0.2) is 54.6 Å². The predicted molar refractivity (Wildman–Crippen MR) is 89.5 cm³/mol. The van der Waals surface area contributed by atoms with Crippen LogP contribution in [-0.4, -0.2) is 26.9 Å². The molecule has 2 aromatic carbocycles. The van der Waals surface area contributed by atoms with Gasteiger partial charge in [-0.3, -0.25) is 9.59 Å². The van der Waals surface area contributed by atoms with Crippen molar-refractivity contribution in [2.75, 3.05) is 0 Å². The van der Waals surface area contributed by atoms with Gasteiger partial charge < -0.3 is 15.3 Å². The highest BCUT2D eigenvalue weighted by molar-refractivity contribution is 6.06. The molecule has 24 heavy (non-hydrogen) atoms. The Morgan fingerprint density at radius 1 is 0.917 bits per heavy atom. The van der Waals surface area contributed by atoms with E-state index >= 15 is 0 Å². The first kappa shape index (κ1) is 17.4. The van der Waals surface area contributed by atoms with Crippen molar-refractivity contribution in [2.45, 2.75) is 18.9 Å². The van der Waals surface area contributed by atoms with Gasteiger partial charge in [0.25, 0.3) is 0 Å². The summed E-state index contributed by atoms with van der Waals surface area (Å²) in [6.45, 7) is 0. The first-order valence-corrected chi connectivity index (χ1v) is 7.42. The zero-order valence-electron chi connectivity index (χ0n) is 12.9. The third kappa shape index (κ3) is 5.37. The second-order valence-corrected chi connectivity index (χ2v) is 5.42. The summed E-state index contributed by atoms with van der Waals surface area (Å²) in [6, 6.07) is 12.2. The third-order valence-electron chi connectivity index (χ3n) is 3.43. The summed E-state index contributed by atoms with van der Waals surface area (Å²) in [6.07, 6.45) is 1.41. The van der Waals surface area contributed by atoms with E-state index in [1.54, 1.807) is 18.2 Å². The van der Waals surface area contributed by atoms with Crippen LogP contribution in [0.2, 0.25) is 0 Å². The lowest BCUT2D eigenvalue weighted by molar-refractivity contribution is -0.126. The quantitative estimate of drug-likeness (QED) is 0.537. The van der Waals surface area contributed by atoms with Crippen molar-refractivity contribution < 1.29 is 24.9 Å². The largest absolute Gasteiger partial charge is 0.508 e. The molecule has 0 aliphatic rings. The smallest absolute Gasteiger partial charge is 0.163 e. The third-order valence-corrected chi connectivity index (χ3v) is 3.43. The highest BCUT2D eigenvalue weighted by Crippen LogP contribution is 2.20. The Labute approximate surface area is 139 Å². The van der Waals surface area contributed by atoms with Gasteiger partial charge in [0.1, 0.15) is 17.3 Å². The second-order valence-electron chi connectivity index (χ2n) is 5.42. The van der Waals surface area contributed by atoms with E-state index in [4.69, 9.17) is 0 Å². The van der Waals surface area contributed by atoms with Gasteiger partial charge in [0.15, 0.2) is 5.78 Å². The standard InChI is InChI=1S/C19H18O5/c20-15-6-1-13(2-7-15)3-8-17(22)11-18(23)12-19(24)14-4-9-16(21)10-5-14/h1-10,19-21,24H,11-12H2/t19-/m1/s1. The van der Waals surface area contributed by atoms with Crippen molar-refractivity contribution in [1.29, 1.82) is 0 Å². The molecular weight excluding hydrogens is 308 g/mol. The van der Waals surface area contributed by atoms with E-state index in [2.05, 4.69) is 0 Å². The summed E-state index contributed by atoms with van der Waals surface area (Å²) in [7, 11) is 0. The maximum Gasteiger partial charge on any atom is 0.163 e. The molecule has 0 heterocycles. The van der Waals surface area contributed by atoms with Crippen LogP contribution in [0.4, 0.5) is 0 Å². The van der Waals surface area contributed by atoms with Crippen molar-refractivity contribution in [3.05, 3.63) is 65.7 Å². The highest BCUT2D eigenvalue weighted by Gasteiger charge is 2.15. The maximum atomic E-state index is 11.9. The molecule has 5 nitrogen and oxygen atoms in total. The molecule has 0 aromatic heterocycles. The molecule has 2 aromatic rings. The van der Waals surface area contributed by atoms with Gasteiger partial charge in [-0.1, -0.05) is 30.3 Å². The van der Waals surface area contributed by atoms with Gasteiger partial charge in [-0.15, -0.1) is 0 Å². The average Bonchev–Trinajstić information content (AvgIpc) is 2.54. The summed E-state index contributed by atoms with van der Waals surface area (Å²) in [5.41, 5.74) is 1.24. The molecule has 3 N–H and O–H groups in total. The van der Waals surface area contributed by atoms with Gasteiger partial charge in [-0.25, -0.2) is 0 Å². The Hall–Kier alpha value is -2.92. The number of carbonyl (C=O) groups excluding carboxylic acids is 2. The molecule has 0 bridgehead atoms. The Morgan fingerprint density at radius 2 is 1.46 bits per heavy atom. The van der Waals surface area contributed by atoms with Crippen molar-refractivity contribution in [3.8, 4) is 11.5 Å². The molecule has 0 radical (unpaired) electrons. The molecule has 0 unspecified atom stereocenters. The first-order chi connectivity index (χ1) is 11.4. The Bertz CT molecular complexity index is 729. The number of phenols is 2. The van der Waals surface area contributed by atoms with E-state index in [1.165, 1.54) is 42.5 Å². The molecule has 0 aliphatic heterocycles. The van der Waals surface area contributed by atoms with Gasteiger partial charge in [0.05, 0.1) is 12.5 Å². The lowest BCUT2D eigenvalue weighted by atomic mass is 10.0. The highest BCUT2D eigenvalue weighted by atomic mass is 16.3. The van der Waals surface area contributed by atoms with Crippen molar-refractivity contribution in [3.63, 3.8) is 0 Å². The van der Waals surface area contributed by atoms with E-state index in [1.807, 2.05) is 0 Å². The molecule has 5 heteroatoms. The number of hydrogen-bond donors (Lipinski definition) is 3. The minimum absolute atomic E-state index is 0.0758. The fourth-order valence-corrected chi connectivity index (χ4v) is 2.13. The number of phenolic OH excluding ortho intramolecular Hbond substituents is 2. The van der Waals surface area contributed by atoms with Gasteiger partial charge in [0.2, 0.25) is 0 Å². The number of ketones is 2. The SMILES string of the molecule is O=C(C=Cc1ccc(O)cc1)CC(=O)C[C@@H](O)c1ccc(O)cc1. The summed E-state index contributed by atoms with van der Waals surface area (Å²) >= 11 is 0. The van der Waals surface area contributed by atoms with E-state index in [0.717, 1.165) is 5.56 Å². The Kier molecular flexibility index (Phi) is 5.87. The molecular formula is C19H18O5. The van der Waals surface area contributed by atoms with Crippen molar-refractivity contribution in [2.24, 2.45) is 0 Å². The van der Waals surface area contributed by atoms with Crippen molar-refractivity contribution >= 4 is 17.6 Å². The average molecular weight is 326 g/mol. The Balaban J connectivity index is 1.85. The van der Waals surface area contributed by atoms with E-state index in [-0.39, 0.29) is 35.9 Å². The molecule has 0 spiro atoms. The molecule has 2 rings (SSSR count). The van der Waals surface area contributed by atoms with Gasteiger partial charge in [0, 0.05) is 6.42 Å². The van der Waals surface area contributed by atoms with Crippen LogP contribution in [0.25, 0.3) is 6.08 Å². The summed E-state index contributed by atoms with van der Waals surface area (Å²) in [5.74, 6) is -0.509. The zero-order chi connectivity index (χ0) is 17.5. The normalized spacial score (nSPS) is 12.2. The molecule has 1 atom stereocenters. The van der Waals surface area contributed by atoms with Crippen LogP contribution < -0.4 is 0 Å². The Morgan fingerprint density at radius 3 is 2.04 bits per heavy atom. The van der Waals surface area contributed by atoms with Gasteiger partial charge in [-0.2, -0.15) is 0 Å². The summed E-state index contributed by atoms with van der Waals surface area (Å²) in [4.78, 5) is 23.6. The van der Waals surface area contributed by atoms with Crippen LogP contribution in [0.5, 0.6) is 11.5 Å². The number of aromatic hydroxyl groups is 2. The number of rotatable bonds is 7. The monoisotopic (exact) mass is 326 g/mol. The second kappa shape index (κ2) is 8.08. The molecule has 0 fully saturated rings. The number of Topliss-reactive ketones (excluding diaryl/α,β-unsaturated/α-hetero) is 1. The fourth-order valence-electron chi connectivity index (χ4n) is 2.13. The molecule has 0 amide bonds. The number of allylic oxidation sites excluding steroid dienone is 1. The molecule has 0 saturated carbocycles. The number of carbonyl (C=O) groups is 2. The number of aliphatic hydroxyl groups excluding tert-OH is 1. The van der Waals surface area contributed by atoms with Gasteiger partial charge >= 0.3 is 0 Å². The van der Waals surface area contributed by atoms with Crippen LogP contribution in [0, 0.1) is 0 Å². The van der Waals surface area contributed by atoms with Gasteiger partial charge in [-0.05, 0) is 41.5 Å². The first-order valence-electron chi connectivity index (χ1n) is 7.42.